The number of aryl methyl sites for hydroxylation is 1. The average molecular weight is 383 g/mol. The van der Waals surface area contributed by atoms with Gasteiger partial charge < -0.3 is 16.0 Å². The molecule has 0 heterocycles. The third-order valence-electron chi connectivity index (χ3n) is 3.36. The molecular weight excluding hydrogens is 356 g/mol. The van der Waals surface area contributed by atoms with E-state index in [2.05, 4.69) is 50.7 Å². The molecule has 0 fully saturated rings. The number of carbonyl (C=O) groups excluding carboxylic acids is 1. The van der Waals surface area contributed by atoms with Gasteiger partial charge in [0.05, 0.1) is 6.54 Å². The molecule has 0 unspecified atom stereocenters. The van der Waals surface area contributed by atoms with E-state index in [0.29, 0.717) is 11.9 Å². The van der Waals surface area contributed by atoms with E-state index in [-0.39, 0.29) is 12.5 Å². The van der Waals surface area contributed by atoms with Crippen LogP contribution in [-0.4, -0.2) is 32.0 Å². The fourth-order valence-electron chi connectivity index (χ4n) is 2.03. The van der Waals surface area contributed by atoms with Crippen molar-refractivity contribution in [2.24, 2.45) is 10.9 Å². The maximum atomic E-state index is 12.0. The first-order chi connectivity index (χ1) is 10.9. The van der Waals surface area contributed by atoms with Crippen LogP contribution in [0.2, 0.25) is 0 Å². The maximum Gasteiger partial charge on any atom is 0.243 e. The average Bonchev–Trinajstić information content (AvgIpc) is 2.50. The number of hydrogen-bond donors (Lipinski definition) is 3. The number of carbonyl (C=O) groups is 1. The summed E-state index contributed by atoms with van der Waals surface area (Å²) >= 11 is 3.41. The smallest absolute Gasteiger partial charge is 0.243 e. The molecule has 0 bridgehead atoms. The number of aliphatic imine (C=N–C) groups is 1. The molecule has 0 aliphatic carbocycles. The van der Waals surface area contributed by atoms with E-state index in [1.807, 2.05) is 25.1 Å². The summed E-state index contributed by atoms with van der Waals surface area (Å²) in [6.45, 7) is 7.41. The molecule has 0 aliphatic heterocycles. The number of rotatable bonds is 7. The van der Waals surface area contributed by atoms with Gasteiger partial charge >= 0.3 is 0 Å². The molecule has 0 radical (unpaired) electrons. The Morgan fingerprint density at radius 3 is 2.70 bits per heavy atom. The zero-order valence-corrected chi connectivity index (χ0v) is 16.0. The van der Waals surface area contributed by atoms with Crippen molar-refractivity contribution in [1.29, 1.82) is 0 Å². The van der Waals surface area contributed by atoms with Gasteiger partial charge in [-0.15, -0.1) is 0 Å². The number of nitrogens with one attached hydrogen (secondary N) is 3. The molecule has 128 valence electrons. The summed E-state index contributed by atoms with van der Waals surface area (Å²) in [7, 11) is 1.70. The van der Waals surface area contributed by atoms with Gasteiger partial charge in [0.25, 0.3) is 0 Å². The van der Waals surface area contributed by atoms with E-state index in [1.165, 1.54) is 6.42 Å². The van der Waals surface area contributed by atoms with Crippen molar-refractivity contribution >= 4 is 33.5 Å². The highest BCUT2D eigenvalue weighted by Gasteiger charge is 2.06. The molecule has 0 aromatic heterocycles. The van der Waals surface area contributed by atoms with E-state index < -0.39 is 0 Å². The summed E-state index contributed by atoms with van der Waals surface area (Å²) in [5.41, 5.74) is 1.84. The van der Waals surface area contributed by atoms with Crippen LogP contribution in [0.1, 0.15) is 32.3 Å². The van der Waals surface area contributed by atoms with Crippen LogP contribution in [0.5, 0.6) is 0 Å². The van der Waals surface area contributed by atoms with Crippen LogP contribution in [0, 0.1) is 12.8 Å². The van der Waals surface area contributed by atoms with Gasteiger partial charge in [0.2, 0.25) is 5.91 Å². The molecule has 1 amide bonds. The minimum Gasteiger partial charge on any atom is -0.356 e. The van der Waals surface area contributed by atoms with Crippen LogP contribution in [0.4, 0.5) is 5.69 Å². The van der Waals surface area contributed by atoms with Crippen molar-refractivity contribution in [2.75, 3.05) is 25.5 Å². The van der Waals surface area contributed by atoms with Crippen LogP contribution in [0.3, 0.4) is 0 Å². The second-order valence-electron chi connectivity index (χ2n) is 5.90. The Hall–Kier alpha value is -1.56. The van der Waals surface area contributed by atoms with Gasteiger partial charge in [-0.25, -0.2) is 0 Å². The number of halogens is 1. The molecule has 1 aromatic rings. The second kappa shape index (κ2) is 10.3. The van der Waals surface area contributed by atoms with Gasteiger partial charge in [0.15, 0.2) is 5.96 Å². The summed E-state index contributed by atoms with van der Waals surface area (Å²) in [6, 6.07) is 5.81. The lowest BCUT2D eigenvalue weighted by molar-refractivity contribution is -0.115. The highest BCUT2D eigenvalue weighted by Crippen LogP contribution is 2.20. The van der Waals surface area contributed by atoms with E-state index in [0.717, 1.165) is 28.7 Å². The number of guanidine groups is 1. The Labute approximate surface area is 147 Å². The lowest BCUT2D eigenvalue weighted by Gasteiger charge is -2.13. The highest BCUT2D eigenvalue weighted by atomic mass is 79.9. The molecule has 0 saturated carbocycles. The number of anilines is 1. The van der Waals surface area contributed by atoms with Gasteiger partial charge in [-0.05, 0) is 43.4 Å². The largest absolute Gasteiger partial charge is 0.356 e. The topological polar surface area (TPSA) is 65.5 Å². The Bertz CT molecular complexity index is 543. The number of hydrogen-bond acceptors (Lipinski definition) is 2. The molecule has 0 spiro atoms. The number of nitrogens with zero attached hydrogens (tertiary/aromatic N) is 1. The van der Waals surface area contributed by atoms with Crippen molar-refractivity contribution in [3.8, 4) is 0 Å². The second-order valence-corrected chi connectivity index (χ2v) is 6.81. The van der Waals surface area contributed by atoms with Crippen molar-refractivity contribution in [2.45, 2.75) is 33.6 Å². The monoisotopic (exact) mass is 382 g/mol. The molecule has 0 saturated heterocycles. The van der Waals surface area contributed by atoms with Gasteiger partial charge in [0, 0.05) is 23.8 Å². The summed E-state index contributed by atoms with van der Waals surface area (Å²) in [5, 5.41) is 9.14. The molecule has 0 aliphatic rings. The molecule has 0 atom stereocenters. The Balaban J connectivity index is 2.37. The Kier molecular flexibility index (Phi) is 8.69. The third kappa shape index (κ3) is 8.02. The van der Waals surface area contributed by atoms with Gasteiger partial charge in [-0.1, -0.05) is 35.8 Å². The summed E-state index contributed by atoms with van der Waals surface area (Å²) in [4.78, 5) is 16.2. The van der Waals surface area contributed by atoms with Crippen molar-refractivity contribution in [3.05, 3.63) is 28.2 Å². The fourth-order valence-corrected chi connectivity index (χ4v) is 2.39. The Morgan fingerprint density at radius 1 is 1.30 bits per heavy atom. The van der Waals surface area contributed by atoms with E-state index in [9.17, 15) is 4.79 Å². The van der Waals surface area contributed by atoms with Crippen molar-refractivity contribution < 1.29 is 4.79 Å². The van der Waals surface area contributed by atoms with Crippen LogP contribution < -0.4 is 16.0 Å². The van der Waals surface area contributed by atoms with Gasteiger partial charge in [-0.2, -0.15) is 0 Å². The first-order valence-electron chi connectivity index (χ1n) is 7.93. The Morgan fingerprint density at radius 2 is 2.04 bits per heavy atom. The molecule has 5 nitrogen and oxygen atoms in total. The predicted octanol–water partition coefficient (Wildman–Crippen LogP) is 3.30. The number of amides is 1. The first kappa shape index (κ1) is 19.5. The first-order valence-corrected chi connectivity index (χ1v) is 8.72. The molecular formula is C17H27BrN4O. The minimum atomic E-state index is -0.101. The van der Waals surface area contributed by atoms with Gasteiger partial charge in [-0.3, -0.25) is 9.79 Å². The molecule has 1 aromatic carbocycles. The SMILES string of the molecule is CN=C(NCCCC(C)C)NCC(=O)Nc1cc(Br)ccc1C. The minimum absolute atomic E-state index is 0.101. The van der Waals surface area contributed by atoms with E-state index >= 15 is 0 Å². The summed E-state index contributed by atoms with van der Waals surface area (Å²) < 4.78 is 0.939. The molecule has 23 heavy (non-hydrogen) atoms. The van der Waals surface area contributed by atoms with Crippen LogP contribution in [0.25, 0.3) is 0 Å². The molecule has 6 heteroatoms. The van der Waals surface area contributed by atoms with Crippen LogP contribution >= 0.6 is 15.9 Å². The zero-order chi connectivity index (χ0) is 17.2. The van der Waals surface area contributed by atoms with Crippen LogP contribution in [0.15, 0.2) is 27.7 Å². The summed E-state index contributed by atoms with van der Waals surface area (Å²) in [5.74, 6) is 1.25. The lowest BCUT2D eigenvalue weighted by atomic mass is 10.1. The summed E-state index contributed by atoms with van der Waals surface area (Å²) in [6.07, 6.45) is 2.26. The van der Waals surface area contributed by atoms with Crippen molar-refractivity contribution in [1.82, 2.24) is 10.6 Å². The normalized spacial score (nSPS) is 11.5. The highest BCUT2D eigenvalue weighted by molar-refractivity contribution is 9.10. The molecule has 1 rings (SSSR count). The quantitative estimate of drug-likeness (QED) is 0.385. The van der Waals surface area contributed by atoms with Crippen LogP contribution in [-0.2, 0) is 4.79 Å². The zero-order valence-electron chi connectivity index (χ0n) is 14.4. The van der Waals surface area contributed by atoms with E-state index in [1.54, 1.807) is 7.05 Å². The third-order valence-corrected chi connectivity index (χ3v) is 3.86. The number of benzene rings is 1. The van der Waals surface area contributed by atoms with E-state index in [4.69, 9.17) is 0 Å². The maximum absolute atomic E-state index is 12.0. The standard InChI is InChI=1S/C17H27BrN4O/c1-12(2)6-5-9-20-17(19-4)21-11-16(23)22-15-10-14(18)8-7-13(15)3/h7-8,10,12H,5-6,9,11H2,1-4H3,(H,22,23)(H2,19,20,21). The van der Waals surface area contributed by atoms with Gasteiger partial charge in [0.1, 0.15) is 0 Å². The fraction of sp³-hybridized carbons (Fsp3) is 0.529. The van der Waals surface area contributed by atoms with Crippen molar-refractivity contribution in [3.63, 3.8) is 0 Å². The lowest BCUT2D eigenvalue weighted by Crippen LogP contribution is -2.41. The molecule has 3 N–H and O–H groups in total. The predicted molar refractivity (Wildman–Crippen MR) is 101 cm³/mol.